The Morgan fingerprint density at radius 2 is 2.00 bits per heavy atom. The summed E-state index contributed by atoms with van der Waals surface area (Å²) in [5.41, 5.74) is 0.992. The number of benzene rings is 1. The van der Waals surface area contributed by atoms with Crippen LogP contribution in [-0.4, -0.2) is 68.4 Å². The van der Waals surface area contributed by atoms with Gasteiger partial charge in [0.1, 0.15) is 23.5 Å². The van der Waals surface area contributed by atoms with E-state index in [4.69, 9.17) is 14.1 Å². The highest BCUT2D eigenvalue weighted by Gasteiger charge is 2.39. The number of para-hydroxylation sites is 1. The second-order valence-electron chi connectivity index (χ2n) is 11.3. The van der Waals surface area contributed by atoms with Crippen LogP contribution >= 0.6 is 0 Å². The van der Waals surface area contributed by atoms with Crippen molar-refractivity contribution in [3.05, 3.63) is 53.4 Å². The van der Waals surface area contributed by atoms with E-state index in [1.54, 1.807) is 42.2 Å². The number of hydrogen-bond acceptors (Lipinski definition) is 8. The van der Waals surface area contributed by atoms with Crippen LogP contribution in [0.3, 0.4) is 0 Å². The van der Waals surface area contributed by atoms with E-state index in [1.165, 1.54) is 0 Å². The lowest BCUT2D eigenvalue weighted by Crippen LogP contribution is -2.45. The van der Waals surface area contributed by atoms with Crippen LogP contribution in [0.25, 0.3) is 34.2 Å². The van der Waals surface area contributed by atoms with E-state index in [9.17, 15) is 18.4 Å². The molecule has 1 unspecified atom stereocenters. The second kappa shape index (κ2) is 11.8. The maximum absolute atomic E-state index is 14.0. The lowest BCUT2D eigenvalue weighted by atomic mass is 9.93. The predicted octanol–water partition coefficient (Wildman–Crippen LogP) is 3.93. The zero-order valence-electron chi connectivity index (χ0n) is 24.8. The predicted molar refractivity (Wildman–Crippen MR) is 162 cm³/mol. The van der Waals surface area contributed by atoms with Crippen LogP contribution in [0.4, 0.5) is 14.6 Å². The lowest BCUT2D eigenvalue weighted by molar-refractivity contribution is -0.131. The summed E-state index contributed by atoms with van der Waals surface area (Å²) >= 11 is 0. The Kier molecular flexibility index (Phi) is 7.91. The van der Waals surface area contributed by atoms with Crippen LogP contribution in [0.15, 0.2) is 41.3 Å². The van der Waals surface area contributed by atoms with Crippen LogP contribution < -0.4 is 20.3 Å². The van der Waals surface area contributed by atoms with Crippen molar-refractivity contribution in [1.82, 2.24) is 24.4 Å². The topological polar surface area (TPSA) is 107 Å². The molecule has 12 heteroatoms. The summed E-state index contributed by atoms with van der Waals surface area (Å²) in [6.07, 6.45) is 3.81. The molecule has 0 radical (unpaired) electrons. The molecule has 0 aliphatic carbocycles. The van der Waals surface area contributed by atoms with Gasteiger partial charge in [0.2, 0.25) is 5.91 Å². The zero-order valence-corrected chi connectivity index (χ0v) is 24.8. The van der Waals surface area contributed by atoms with Gasteiger partial charge in [0.15, 0.2) is 17.2 Å². The highest BCUT2D eigenvalue weighted by molar-refractivity contribution is 6.06. The molecule has 3 aromatic heterocycles. The molecule has 4 aromatic rings. The first-order chi connectivity index (χ1) is 21.2. The van der Waals surface area contributed by atoms with Crippen molar-refractivity contribution in [1.29, 1.82) is 0 Å². The van der Waals surface area contributed by atoms with Gasteiger partial charge in [-0.15, -0.1) is 0 Å². The number of aldehydes is 1. The lowest BCUT2D eigenvalue weighted by Gasteiger charge is -2.37. The van der Waals surface area contributed by atoms with Crippen LogP contribution in [0.2, 0.25) is 0 Å². The highest BCUT2D eigenvalue weighted by Crippen LogP contribution is 2.38. The third kappa shape index (κ3) is 5.11. The molecule has 2 aliphatic heterocycles. The number of ether oxygens (including phenoxy) is 1. The van der Waals surface area contributed by atoms with Gasteiger partial charge < -0.3 is 23.7 Å². The first kappa shape index (κ1) is 29.5. The van der Waals surface area contributed by atoms with Gasteiger partial charge in [-0.25, -0.2) is 18.7 Å². The number of allylic oxidation sites excluding steroid dienone is 1. The van der Waals surface area contributed by atoms with Crippen molar-refractivity contribution in [2.75, 3.05) is 24.5 Å². The molecule has 1 aromatic carbocycles. The van der Waals surface area contributed by atoms with E-state index in [2.05, 4.69) is 28.0 Å². The number of hydrogen-bond donors (Lipinski definition) is 0. The smallest absolute Gasteiger partial charge is 0.297 e. The molecule has 1 amide bonds. The van der Waals surface area contributed by atoms with Gasteiger partial charge in [-0.3, -0.25) is 9.36 Å². The minimum Gasteiger partial charge on any atom is -0.459 e. The summed E-state index contributed by atoms with van der Waals surface area (Å²) in [5.74, 6) is -0.342. The van der Waals surface area contributed by atoms with Crippen molar-refractivity contribution in [2.45, 2.75) is 58.2 Å². The zero-order chi connectivity index (χ0) is 31.1. The van der Waals surface area contributed by atoms with E-state index in [0.29, 0.717) is 35.4 Å². The van der Waals surface area contributed by atoms with Crippen molar-refractivity contribution in [2.24, 2.45) is 5.92 Å². The van der Waals surface area contributed by atoms with Crippen molar-refractivity contribution in [3.63, 3.8) is 0 Å². The number of amides is 1. The van der Waals surface area contributed by atoms with Gasteiger partial charge in [-0.05, 0) is 37.5 Å². The summed E-state index contributed by atoms with van der Waals surface area (Å²) in [6, 6.07) is 6.75. The number of fused-ring (bicyclic) bond motifs is 3. The Balaban J connectivity index is 1.38. The second-order valence-corrected chi connectivity index (χ2v) is 11.3. The molecule has 10 nitrogen and oxygen atoms in total. The first-order valence-electron chi connectivity index (χ1n) is 14.7. The summed E-state index contributed by atoms with van der Waals surface area (Å²) in [5, 5.41) is 2.15. The molecule has 4 atom stereocenters. The number of imidazole rings is 1. The summed E-state index contributed by atoms with van der Waals surface area (Å²) in [6.45, 7) is 10.9. The maximum Gasteiger partial charge on any atom is 0.297 e. The van der Waals surface area contributed by atoms with Crippen molar-refractivity contribution >= 4 is 52.2 Å². The van der Waals surface area contributed by atoms with E-state index < -0.39 is 24.4 Å². The number of furan rings is 1. The summed E-state index contributed by atoms with van der Waals surface area (Å²) in [7, 11) is 0. The highest BCUT2D eigenvalue weighted by atomic mass is 19.3. The van der Waals surface area contributed by atoms with Gasteiger partial charge in [0, 0.05) is 37.9 Å². The van der Waals surface area contributed by atoms with Crippen LogP contribution in [0, 0.1) is 5.92 Å². The molecule has 2 fully saturated rings. The summed E-state index contributed by atoms with van der Waals surface area (Å²) < 4.78 is 42.6. The number of rotatable bonds is 7. The Labute approximate surface area is 252 Å². The molecule has 2 saturated heterocycles. The van der Waals surface area contributed by atoms with E-state index in [-0.39, 0.29) is 47.8 Å². The number of piperidine rings is 1. The Morgan fingerprint density at radius 3 is 2.68 bits per heavy atom. The van der Waals surface area contributed by atoms with E-state index in [1.807, 2.05) is 24.0 Å². The molecule has 5 heterocycles. The molecular weight excluding hydrogens is 570 g/mol. The van der Waals surface area contributed by atoms with Crippen molar-refractivity contribution in [3.8, 4) is 6.01 Å². The fourth-order valence-corrected chi connectivity index (χ4v) is 6.49. The minimum atomic E-state index is -2.91. The fraction of sp³-hybridized carbons (Fsp3) is 0.406. The quantitative estimate of drug-likeness (QED) is 0.292. The summed E-state index contributed by atoms with van der Waals surface area (Å²) in [4.78, 5) is 41.0. The molecule has 2 aliphatic rings. The third-order valence-corrected chi connectivity index (χ3v) is 8.55. The number of carbonyl (C=O) groups excluding carboxylic acids is 2. The molecule has 0 spiro atoms. The van der Waals surface area contributed by atoms with E-state index in [0.717, 1.165) is 18.1 Å². The molecule has 0 N–H and O–H groups in total. The molecule has 44 heavy (non-hydrogen) atoms. The van der Waals surface area contributed by atoms with Gasteiger partial charge in [0.25, 0.3) is 12.4 Å². The molecule has 6 rings (SSSR count). The first-order valence-corrected chi connectivity index (χ1v) is 14.7. The van der Waals surface area contributed by atoms with Gasteiger partial charge in [-0.1, -0.05) is 37.8 Å². The van der Waals surface area contributed by atoms with Crippen molar-refractivity contribution < 1.29 is 27.5 Å². The standard InChI is InChI=1S/C32H34F2N6O4/c1-5-9-23-24(6-2)40(25-12-13-38(19(4)42)15-18(25)3)32(35-23)43-21-14-20(17-41)39(16-21)31-28-27(36-30(37-31)29(33)34)22-10-7-8-11-26(22)44-28/h5-11,17-18,20-21,25,29H,1,12-16H2,2-4H3/b23-9+,24-6+/t18?,20-,21-,25+/m0/s1. The Bertz CT molecular complexity index is 1870. The van der Waals surface area contributed by atoms with Crippen LogP contribution in [0.1, 0.15) is 51.9 Å². The number of likely N-dealkylation sites (tertiary alicyclic amines) is 1. The third-order valence-electron chi connectivity index (χ3n) is 8.55. The number of aromatic nitrogens is 4. The number of nitrogens with zero attached hydrogens (tertiary/aromatic N) is 6. The molecule has 230 valence electrons. The average molecular weight is 605 g/mol. The van der Waals surface area contributed by atoms with Gasteiger partial charge >= 0.3 is 0 Å². The Hall–Kier alpha value is -4.61. The van der Waals surface area contributed by atoms with Gasteiger partial charge in [-0.2, -0.15) is 4.98 Å². The van der Waals surface area contributed by atoms with Crippen LogP contribution in [0.5, 0.6) is 6.01 Å². The monoisotopic (exact) mass is 604 g/mol. The molecular formula is C32H34F2N6O4. The number of anilines is 1. The van der Waals surface area contributed by atoms with Crippen LogP contribution in [-0.2, 0) is 9.59 Å². The molecule has 0 saturated carbocycles. The SMILES string of the molecule is C=C/C=c1/nc(O[C@H]2C[C@@H](C=O)N(c3nc(C(F)F)nc4c3oc3ccccc34)C2)n([C@@H]2CCN(C(C)=O)CC2C)/c1=C/C. The fourth-order valence-electron chi connectivity index (χ4n) is 6.49. The average Bonchev–Trinajstić information content (AvgIpc) is 3.69. The normalized spacial score (nSPS) is 23.3. The largest absolute Gasteiger partial charge is 0.459 e. The molecule has 0 bridgehead atoms. The minimum absolute atomic E-state index is 0.0104. The van der Waals surface area contributed by atoms with E-state index >= 15 is 0 Å². The number of carbonyl (C=O) groups is 2. The number of alkyl halides is 2. The maximum atomic E-state index is 14.0. The number of halogens is 2. The Morgan fingerprint density at radius 1 is 1.20 bits per heavy atom. The van der Waals surface area contributed by atoms with Gasteiger partial charge in [0.05, 0.1) is 23.3 Å².